The molecule has 3 N–H and O–H groups in total. The first-order valence-corrected chi connectivity index (χ1v) is 9.98. The van der Waals surface area contributed by atoms with Gasteiger partial charge in [-0.25, -0.2) is 0 Å². The van der Waals surface area contributed by atoms with Crippen LogP contribution >= 0.6 is 0 Å². The van der Waals surface area contributed by atoms with E-state index in [1.54, 1.807) is 0 Å². The first kappa shape index (κ1) is 15.4. The standard InChI is InChI=1S/C19H35N3/c1-13-7-8-17-16(11-13)18(20)15-9-10-22(19(15)21-17)12-14-5-3-2-4-6-14/h13-19,21H,2-12,20H2,1H3. The fourth-order valence-electron chi connectivity index (χ4n) is 6.01. The highest BCUT2D eigenvalue weighted by Crippen LogP contribution is 2.41. The van der Waals surface area contributed by atoms with Gasteiger partial charge in [-0.3, -0.25) is 10.2 Å². The Kier molecular flexibility index (Phi) is 4.49. The summed E-state index contributed by atoms with van der Waals surface area (Å²) in [6.45, 7) is 5.02. The zero-order valence-electron chi connectivity index (χ0n) is 14.3. The molecule has 3 heteroatoms. The molecule has 6 atom stereocenters. The minimum atomic E-state index is 0.440. The van der Waals surface area contributed by atoms with Crippen molar-refractivity contribution in [2.75, 3.05) is 13.1 Å². The third kappa shape index (κ3) is 2.85. The quantitative estimate of drug-likeness (QED) is 0.824. The average Bonchev–Trinajstić information content (AvgIpc) is 2.93. The SMILES string of the molecule is CC1CCC2NC3C(CCN3CC3CCCCC3)C(N)C2C1. The third-order valence-corrected chi connectivity index (χ3v) is 7.30. The number of likely N-dealkylation sites (tertiary alicyclic amines) is 1. The highest BCUT2D eigenvalue weighted by atomic mass is 15.3. The molecule has 4 fully saturated rings. The molecule has 0 amide bonds. The molecule has 0 aromatic heterocycles. The Labute approximate surface area is 136 Å². The largest absolute Gasteiger partial charge is 0.327 e. The van der Waals surface area contributed by atoms with Crippen LogP contribution < -0.4 is 11.1 Å². The molecule has 2 aliphatic heterocycles. The fourth-order valence-corrected chi connectivity index (χ4v) is 6.01. The van der Waals surface area contributed by atoms with Crippen LogP contribution in [0.15, 0.2) is 0 Å². The van der Waals surface area contributed by atoms with Gasteiger partial charge in [0.15, 0.2) is 0 Å². The molecule has 3 nitrogen and oxygen atoms in total. The van der Waals surface area contributed by atoms with Crippen molar-refractivity contribution in [3.8, 4) is 0 Å². The fraction of sp³-hybridized carbons (Fsp3) is 1.00. The smallest absolute Gasteiger partial charge is 0.0644 e. The molecule has 2 heterocycles. The second kappa shape index (κ2) is 6.41. The lowest BCUT2D eigenvalue weighted by Crippen LogP contribution is -2.65. The number of hydrogen-bond donors (Lipinski definition) is 2. The molecule has 0 aromatic rings. The third-order valence-electron chi connectivity index (χ3n) is 7.30. The van der Waals surface area contributed by atoms with Crippen molar-refractivity contribution in [2.24, 2.45) is 29.4 Å². The lowest BCUT2D eigenvalue weighted by atomic mass is 9.69. The Morgan fingerprint density at radius 2 is 1.82 bits per heavy atom. The number of piperidine rings is 1. The maximum Gasteiger partial charge on any atom is 0.0644 e. The summed E-state index contributed by atoms with van der Waals surface area (Å²) < 4.78 is 0. The maximum absolute atomic E-state index is 6.77. The average molecular weight is 306 g/mol. The maximum atomic E-state index is 6.77. The summed E-state index contributed by atoms with van der Waals surface area (Å²) in [4.78, 5) is 2.77. The zero-order chi connectivity index (χ0) is 15.1. The lowest BCUT2D eigenvalue weighted by molar-refractivity contribution is 0.0371. The van der Waals surface area contributed by atoms with Crippen molar-refractivity contribution in [3.05, 3.63) is 0 Å². The Morgan fingerprint density at radius 3 is 2.64 bits per heavy atom. The first-order valence-electron chi connectivity index (χ1n) is 9.98. The monoisotopic (exact) mass is 305 g/mol. The van der Waals surface area contributed by atoms with Crippen LogP contribution in [-0.4, -0.2) is 36.2 Å². The van der Waals surface area contributed by atoms with Gasteiger partial charge in [-0.1, -0.05) is 26.2 Å². The summed E-state index contributed by atoms with van der Waals surface area (Å²) >= 11 is 0. The van der Waals surface area contributed by atoms with Gasteiger partial charge in [-0.05, 0) is 56.3 Å². The molecule has 4 aliphatic rings. The van der Waals surface area contributed by atoms with Crippen LogP contribution in [0.3, 0.4) is 0 Å². The highest BCUT2D eigenvalue weighted by Gasteiger charge is 2.49. The molecule has 2 saturated heterocycles. The topological polar surface area (TPSA) is 41.3 Å². The van der Waals surface area contributed by atoms with E-state index in [-0.39, 0.29) is 0 Å². The van der Waals surface area contributed by atoms with Gasteiger partial charge in [0.2, 0.25) is 0 Å². The molecule has 0 aromatic carbocycles. The number of nitrogens with zero attached hydrogens (tertiary/aromatic N) is 1. The van der Waals surface area contributed by atoms with E-state index in [4.69, 9.17) is 5.73 Å². The van der Waals surface area contributed by atoms with Gasteiger partial charge >= 0.3 is 0 Å². The van der Waals surface area contributed by atoms with Gasteiger partial charge in [0.25, 0.3) is 0 Å². The zero-order valence-corrected chi connectivity index (χ0v) is 14.3. The van der Waals surface area contributed by atoms with Crippen LogP contribution in [0.4, 0.5) is 0 Å². The minimum Gasteiger partial charge on any atom is -0.327 e. The van der Waals surface area contributed by atoms with E-state index in [0.29, 0.717) is 24.2 Å². The summed E-state index contributed by atoms with van der Waals surface area (Å²) in [6, 6.07) is 1.13. The number of rotatable bonds is 2. The number of fused-ring (bicyclic) bond motifs is 2. The summed E-state index contributed by atoms with van der Waals surface area (Å²) in [5, 5.41) is 4.05. The highest BCUT2D eigenvalue weighted by molar-refractivity contribution is 5.04. The summed E-state index contributed by atoms with van der Waals surface area (Å²) in [7, 11) is 0. The molecule has 126 valence electrons. The van der Waals surface area contributed by atoms with E-state index < -0.39 is 0 Å². The Bertz CT molecular complexity index is 379. The van der Waals surface area contributed by atoms with Crippen LogP contribution in [0.5, 0.6) is 0 Å². The molecular formula is C19H35N3. The van der Waals surface area contributed by atoms with E-state index in [2.05, 4.69) is 17.1 Å². The van der Waals surface area contributed by atoms with E-state index in [1.807, 2.05) is 0 Å². The van der Waals surface area contributed by atoms with Crippen LogP contribution in [0.2, 0.25) is 0 Å². The van der Waals surface area contributed by atoms with Crippen LogP contribution in [0, 0.1) is 23.7 Å². The van der Waals surface area contributed by atoms with Gasteiger partial charge in [0.05, 0.1) is 6.17 Å². The second-order valence-electron chi connectivity index (χ2n) is 8.83. The van der Waals surface area contributed by atoms with Crippen molar-refractivity contribution >= 4 is 0 Å². The molecule has 0 bridgehead atoms. The molecule has 0 spiro atoms. The first-order chi connectivity index (χ1) is 10.7. The van der Waals surface area contributed by atoms with Crippen molar-refractivity contribution in [2.45, 2.75) is 83.0 Å². The number of nitrogens with one attached hydrogen (secondary N) is 1. The normalized spacial score (nSPS) is 47.2. The van der Waals surface area contributed by atoms with Gasteiger partial charge in [-0.15, -0.1) is 0 Å². The Balaban J connectivity index is 1.42. The predicted molar refractivity (Wildman–Crippen MR) is 91.4 cm³/mol. The summed E-state index contributed by atoms with van der Waals surface area (Å²) in [5.74, 6) is 3.27. The summed E-state index contributed by atoms with van der Waals surface area (Å²) in [5.41, 5.74) is 6.77. The molecule has 0 radical (unpaired) electrons. The van der Waals surface area contributed by atoms with Crippen molar-refractivity contribution in [1.82, 2.24) is 10.2 Å². The van der Waals surface area contributed by atoms with E-state index in [9.17, 15) is 0 Å². The molecule has 4 rings (SSSR count). The van der Waals surface area contributed by atoms with Gasteiger partial charge in [0.1, 0.15) is 0 Å². The number of hydrogen-bond acceptors (Lipinski definition) is 3. The van der Waals surface area contributed by atoms with Crippen molar-refractivity contribution < 1.29 is 0 Å². The van der Waals surface area contributed by atoms with E-state index in [1.165, 1.54) is 70.9 Å². The van der Waals surface area contributed by atoms with E-state index >= 15 is 0 Å². The van der Waals surface area contributed by atoms with Crippen LogP contribution in [0.1, 0.15) is 64.7 Å². The lowest BCUT2D eigenvalue weighted by Gasteiger charge is -2.49. The van der Waals surface area contributed by atoms with Gasteiger partial charge < -0.3 is 5.73 Å². The minimum absolute atomic E-state index is 0.440. The Hall–Kier alpha value is -0.120. The second-order valence-corrected chi connectivity index (χ2v) is 8.83. The Morgan fingerprint density at radius 1 is 1.00 bits per heavy atom. The van der Waals surface area contributed by atoms with Crippen LogP contribution in [-0.2, 0) is 0 Å². The van der Waals surface area contributed by atoms with Gasteiger partial charge in [0, 0.05) is 31.1 Å². The predicted octanol–water partition coefficient (Wildman–Crippen LogP) is 2.95. The molecule has 2 saturated carbocycles. The molecular weight excluding hydrogens is 270 g/mol. The van der Waals surface area contributed by atoms with Crippen molar-refractivity contribution in [1.29, 1.82) is 0 Å². The van der Waals surface area contributed by atoms with Crippen LogP contribution in [0.25, 0.3) is 0 Å². The molecule has 2 aliphatic carbocycles. The van der Waals surface area contributed by atoms with E-state index in [0.717, 1.165) is 17.8 Å². The summed E-state index contributed by atoms with van der Waals surface area (Å²) in [6.07, 6.45) is 13.3. The van der Waals surface area contributed by atoms with Crippen molar-refractivity contribution in [3.63, 3.8) is 0 Å². The van der Waals surface area contributed by atoms with Gasteiger partial charge in [-0.2, -0.15) is 0 Å². The number of nitrogens with two attached hydrogens (primary N) is 1. The molecule has 6 unspecified atom stereocenters. The molecule has 22 heavy (non-hydrogen) atoms.